The number of fused-ring (bicyclic) bond motifs is 1. The number of nitrogens with zero attached hydrogens (tertiary/aromatic N) is 4. The second-order valence-electron chi connectivity index (χ2n) is 9.02. The Morgan fingerprint density at radius 1 is 1.00 bits per heavy atom. The molecule has 0 saturated carbocycles. The fraction of sp³-hybridized carbons (Fsp3) is 0.520. The standard InChI is InChI=1S/C25H33N5O3/c1-18(19-9-5-3-6-10-19)26-22(31)11-12-23(32)30-16-13-21-20(17-30)24(27-28(21)2)25(33)29-14-7-4-8-15-29/h3,5-6,9-10,18H,4,7-8,11-17H2,1-2H3,(H,26,31)/t18-/m0/s1. The molecular formula is C25H33N5O3. The van der Waals surface area contributed by atoms with E-state index >= 15 is 0 Å². The number of carbonyl (C=O) groups excluding carboxylic acids is 3. The Kier molecular flexibility index (Phi) is 7.11. The third kappa shape index (κ3) is 5.26. The van der Waals surface area contributed by atoms with Gasteiger partial charge >= 0.3 is 0 Å². The van der Waals surface area contributed by atoms with Crippen LogP contribution in [0, 0.1) is 0 Å². The van der Waals surface area contributed by atoms with Crippen LogP contribution in [-0.2, 0) is 29.6 Å². The van der Waals surface area contributed by atoms with Crippen LogP contribution in [-0.4, -0.2) is 56.9 Å². The van der Waals surface area contributed by atoms with Crippen LogP contribution in [0.25, 0.3) is 0 Å². The Balaban J connectivity index is 1.34. The summed E-state index contributed by atoms with van der Waals surface area (Å²) in [5, 5.41) is 7.48. The minimum Gasteiger partial charge on any atom is -0.350 e. The molecule has 0 radical (unpaired) electrons. The topological polar surface area (TPSA) is 87.5 Å². The molecule has 2 aliphatic heterocycles. The van der Waals surface area contributed by atoms with E-state index in [4.69, 9.17) is 0 Å². The van der Waals surface area contributed by atoms with Crippen molar-refractivity contribution in [1.82, 2.24) is 24.9 Å². The molecule has 1 saturated heterocycles. The van der Waals surface area contributed by atoms with E-state index in [0.717, 1.165) is 49.2 Å². The smallest absolute Gasteiger partial charge is 0.274 e. The van der Waals surface area contributed by atoms with Gasteiger partial charge in [0.2, 0.25) is 11.8 Å². The molecule has 0 unspecified atom stereocenters. The van der Waals surface area contributed by atoms with Gasteiger partial charge in [-0.1, -0.05) is 30.3 Å². The Morgan fingerprint density at radius 3 is 2.45 bits per heavy atom. The second-order valence-corrected chi connectivity index (χ2v) is 9.02. The minimum absolute atomic E-state index is 0.0323. The summed E-state index contributed by atoms with van der Waals surface area (Å²) in [7, 11) is 1.86. The number of hydrogen-bond donors (Lipinski definition) is 1. The summed E-state index contributed by atoms with van der Waals surface area (Å²) in [5.41, 5.74) is 3.38. The average molecular weight is 452 g/mol. The Labute approximate surface area is 194 Å². The van der Waals surface area contributed by atoms with Crippen LogP contribution in [0.1, 0.15) is 72.4 Å². The van der Waals surface area contributed by atoms with Crippen molar-refractivity contribution in [3.8, 4) is 0 Å². The van der Waals surface area contributed by atoms with Crippen LogP contribution in [0.3, 0.4) is 0 Å². The number of nitrogens with one attached hydrogen (secondary N) is 1. The minimum atomic E-state index is -0.139. The fourth-order valence-electron chi connectivity index (χ4n) is 4.74. The van der Waals surface area contributed by atoms with E-state index in [0.29, 0.717) is 25.2 Å². The van der Waals surface area contributed by atoms with Crippen molar-refractivity contribution >= 4 is 17.7 Å². The van der Waals surface area contributed by atoms with E-state index in [2.05, 4.69) is 10.4 Å². The second kappa shape index (κ2) is 10.2. The quantitative estimate of drug-likeness (QED) is 0.731. The zero-order chi connectivity index (χ0) is 23.4. The van der Waals surface area contributed by atoms with Crippen molar-refractivity contribution < 1.29 is 14.4 Å². The van der Waals surface area contributed by atoms with Gasteiger partial charge in [0.1, 0.15) is 0 Å². The third-order valence-corrected chi connectivity index (χ3v) is 6.68. The molecule has 0 aliphatic carbocycles. The lowest BCUT2D eigenvalue weighted by molar-refractivity contribution is -0.134. The van der Waals surface area contributed by atoms with Crippen molar-refractivity contribution in [2.24, 2.45) is 7.05 Å². The monoisotopic (exact) mass is 451 g/mol. The van der Waals surface area contributed by atoms with Gasteiger partial charge in [0.25, 0.3) is 5.91 Å². The maximum absolute atomic E-state index is 13.1. The summed E-state index contributed by atoms with van der Waals surface area (Å²) in [4.78, 5) is 42.0. The number of benzene rings is 1. The summed E-state index contributed by atoms with van der Waals surface area (Å²) in [5.74, 6) is -0.238. The molecule has 4 rings (SSSR count). The van der Waals surface area contributed by atoms with Crippen molar-refractivity contribution in [3.05, 3.63) is 52.8 Å². The van der Waals surface area contributed by atoms with Gasteiger partial charge in [0.15, 0.2) is 5.69 Å². The summed E-state index contributed by atoms with van der Waals surface area (Å²) >= 11 is 0. The van der Waals surface area contributed by atoms with Crippen LogP contribution in [0.4, 0.5) is 0 Å². The van der Waals surface area contributed by atoms with Crippen LogP contribution < -0.4 is 5.32 Å². The first-order valence-corrected chi connectivity index (χ1v) is 11.9. The van der Waals surface area contributed by atoms with Gasteiger partial charge < -0.3 is 15.1 Å². The normalized spacial score (nSPS) is 16.8. The van der Waals surface area contributed by atoms with Crippen LogP contribution >= 0.6 is 0 Å². The molecule has 0 spiro atoms. The molecule has 1 N–H and O–H groups in total. The molecular weight excluding hydrogens is 418 g/mol. The number of amides is 3. The molecule has 1 fully saturated rings. The molecule has 8 heteroatoms. The molecule has 176 valence electrons. The first kappa shape index (κ1) is 23.0. The van der Waals surface area contributed by atoms with Gasteiger partial charge in [-0.05, 0) is 31.7 Å². The Morgan fingerprint density at radius 2 is 1.73 bits per heavy atom. The molecule has 33 heavy (non-hydrogen) atoms. The van der Waals surface area contributed by atoms with Gasteiger partial charge in [0.05, 0.1) is 6.04 Å². The molecule has 1 aromatic carbocycles. The molecule has 3 amide bonds. The highest BCUT2D eigenvalue weighted by molar-refractivity contribution is 5.94. The van der Waals surface area contributed by atoms with E-state index in [9.17, 15) is 14.4 Å². The predicted molar refractivity (Wildman–Crippen MR) is 124 cm³/mol. The van der Waals surface area contributed by atoms with Gasteiger partial charge in [-0.25, -0.2) is 0 Å². The van der Waals surface area contributed by atoms with Gasteiger partial charge in [-0.2, -0.15) is 5.10 Å². The van der Waals surface area contributed by atoms with Crippen LogP contribution in [0.15, 0.2) is 30.3 Å². The highest BCUT2D eigenvalue weighted by atomic mass is 16.2. The zero-order valence-electron chi connectivity index (χ0n) is 19.5. The molecule has 8 nitrogen and oxygen atoms in total. The molecule has 3 heterocycles. The van der Waals surface area contributed by atoms with E-state index < -0.39 is 0 Å². The number of carbonyl (C=O) groups is 3. The number of piperidine rings is 1. The van der Waals surface area contributed by atoms with Crippen molar-refractivity contribution in [3.63, 3.8) is 0 Å². The number of aryl methyl sites for hydroxylation is 1. The number of rotatable bonds is 6. The number of aromatic nitrogens is 2. The maximum atomic E-state index is 13.1. The highest BCUT2D eigenvalue weighted by Crippen LogP contribution is 2.25. The van der Waals surface area contributed by atoms with Gasteiger partial charge in [-0.3, -0.25) is 19.1 Å². The summed E-state index contributed by atoms with van der Waals surface area (Å²) < 4.78 is 1.78. The van der Waals surface area contributed by atoms with Gasteiger partial charge in [-0.15, -0.1) is 0 Å². The van der Waals surface area contributed by atoms with E-state index in [1.807, 2.05) is 49.2 Å². The maximum Gasteiger partial charge on any atom is 0.274 e. The summed E-state index contributed by atoms with van der Waals surface area (Å²) in [6.07, 6.45) is 4.16. The largest absolute Gasteiger partial charge is 0.350 e. The number of hydrogen-bond acceptors (Lipinski definition) is 4. The third-order valence-electron chi connectivity index (χ3n) is 6.68. The average Bonchev–Trinajstić information content (AvgIpc) is 3.18. The highest BCUT2D eigenvalue weighted by Gasteiger charge is 2.31. The lowest BCUT2D eigenvalue weighted by atomic mass is 10.0. The van der Waals surface area contributed by atoms with Crippen molar-refractivity contribution in [2.45, 2.75) is 58.0 Å². The SMILES string of the molecule is C[C@H](NC(=O)CCC(=O)N1CCc2c(c(C(=O)N3CCCCC3)nn2C)C1)c1ccccc1. The zero-order valence-corrected chi connectivity index (χ0v) is 19.5. The first-order chi connectivity index (χ1) is 15.9. The van der Waals surface area contributed by atoms with Gasteiger partial charge in [0, 0.05) is 63.7 Å². The first-order valence-electron chi connectivity index (χ1n) is 11.9. The van der Waals surface area contributed by atoms with E-state index in [1.54, 1.807) is 9.58 Å². The summed E-state index contributed by atoms with van der Waals surface area (Å²) in [6, 6.07) is 9.65. The Hall–Kier alpha value is -3.16. The molecule has 2 aliphatic rings. The van der Waals surface area contributed by atoms with Crippen molar-refractivity contribution in [1.29, 1.82) is 0 Å². The van der Waals surface area contributed by atoms with E-state index in [-0.39, 0.29) is 36.6 Å². The fourth-order valence-corrected chi connectivity index (χ4v) is 4.74. The van der Waals surface area contributed by atoms with Crippen LogP contribution in [0.2, 0.25) is 0 Å². The lowest BCUT2D eigenvalue weighted by Crippen LogP contribution is -2.39. The predicted octanol–water partition coefficient (Wildman–Crippen LogP) is 2.59. The molecule has 1 aromatic heterocycles. The van der Waals surface area contributed by atoms with Crippen LogP contribution in [0.5, 0.6) is 0 Å². The lowest BCUT2D eigenvalue weighted by Gasteiger charge is -2.29. The van der Waals surface area contributed by atoms with E-state index in [1.165, 1.54) is 0 Å². The molecule has 0 bridgehead atoms. The van der Waals surface area contributed by atoms with Crippen molar-refractivity contribution in [2.75, 3.05) is 19.6 Å². The Bertz CT molecular complexity index is 1010. The molecule has 1 atom stereocenters. The number of likely N-dealkylation sites (tertiary alicyclic amines) is 1. The molecule has 2 aromatic rings. The summed E-state index contributed by atoms with van der Waals surface area (Å²) in [6.45, 7) is 4.42.